The van der Waals surface area contributed by atoms with Crippen LogP contribution in [0.4, 0.5) is 0 Å². The molecule has 0 aliphatic carbocycles. The molecule has 1 atom stereocenters. The first-order chi connectivity index (χ1) is 12.3. The molecular weight excluding hydrogens is 326 g/mol. The molecule has 1 aliphatic heterocycles. The Morgan fingerprint density at radius 2 is 1.76 bits per heavy atom. The Kier molecular flexibility index (Phi) is 4.24. The fraction of sp³-hybridized carbons (Fsp3) is 0.136. The average molecular weight is 345 g/mol. The van der Waals surface area contributed by atoms with Gasteiger partial charge in [-0.2, -0.15) is 0 Å². The highest BCUT2D eigenvalue weighted by Crippen LogP contribution is 2.41. The van der Waals surface area contributed by atoms with Gasteiger partial charge in [0, 0.05) is 22.2 Å². The summed E-state index contributed by atoms with van der Waals surface area (Å²) in [6, 6.07) is 23.2. The molecule has 2 heterocycles. The number of rotatable bonds is 3. The second-order valence-corrected chi connectivity index (χ2v) is 7.38. The van der Waals surface area contributed by atoms with E-state index in [1.54, 1.807) is 11.3 Å². The van der Waals surface area contributed by atoms with Gasteiger partial charge in [-0.3, -0.25) is 4.79 Å². The lowest BCUT2D eigenvalue weighted by Crippen LogP contribution is -2.36. The Morgan fingerprint density at radius 1 is 1.08 bits per heavy atom. The molecule has 3 heteroatoms. The van der Waals surface area contributed by atoms with Crippen molar-refractivity contribution in [2.75, 3.05) is 6.54 Å². The van der Waals surface area contributed by atoms with E-state index in [1.807, 2.05) is 17.0 Å². The highest BCUT2D eigenvalue weighted by Gasteiger charge is 2.30. The Labute approximate surface area is 152 Å². The van der Waals surface area contributed by atoms with Crippen LogP contribution in [0, 0.1) is 0 Å². The van der Waals surface area contributed by atoms with Gasteiger partial charge in [-0.15, -0.1) is 11.3 Å². The number of nitrogens with zero attached hydrogens (tertiary/aromatic N) is 1. The number of amides is 1. The molecule has 3 aromatic rings. The second kappa shape index (κ2) is 6.69. The van der Waals surface area contributed by atoms with Crippen molar-refractivity contribution in [1.29, 1.82) is 0 Å². The van der Waals surface area contributed by atoms with Gasteiger partial charge in [0.15, 0.2) is 0 Å². The highest BCUT2D eigenvalue weighted by molar-refractivity contribution is 7.15. The molecule has 1 amide bonds. The molecule has 0 spiro atoms. The van der Waals surface area contributed by atoms with Gasteiger partial charge in [-0.1, -0.05) is 67.2 Å². The van der Waals surface area contributed by atoms with Crippen molar-refractivity contribution >= 4 is 17.2 Å². The predicted octanol–water partition coefficient (Wildman–Crippen LogP) is 5.08. The fourth-order valence-corrected chi connectivity index (χ4v) is 4.67. The average Bonchev–Trinajstić information content (AvgIpc) is 3.12. The number of thiophene rings is 1. The minimum atomic E-state index is 0.00115. The van der Waals surface area contributed by atoms with E-state index in [1.165, 1.54) is 32.5 Å². The highest BCUT2D eigenvalue weighted by atomic mass is 32.1. The zero-order valence-electron chi connectivity index (χ0n) is 13.9. The van der Waals surface area contributed by atoms with Gasteiger partial charge in [0.2, 0.25) is 5.91 Å². The van der Waals surface area contributed by atoms with E-state index in [2.05, 4.69) is 61.2 Å². The van der Waals surface area contributed by atoms with Gasteiger partial charge in [0.25, 0.3) is 0 Å². The van der Waals surface area contributed by atoms with Crippen LogP contribution in [-0.2, 0) is 11.3 Å². The molecule has 2 aromatic carbocycles. The normalized spacial score (nSPS) is 16.3. The molecular formula is C22H19NOS. The summed E-state index contributed by atoms with van der Waals surface area (Å²) in [5, 5.41) is 0. The van der Waals surface area contributed by atoms with Crippen LogP contribution in [0.1, 0.15) is 21.9 Å². The number of carbonyl (C=O) groups is 1. The Morgan fingerprint density at radius 3 is 2.44 bits per heavy atom. The summed E-state index contributed by atoms with van der Waals surface area (Å²) < 4.78 is 0. The van der Waals surface area contributed by atoms with E-state index in [-0.39, 0.29) is 11.8 Å². The second-order valence-electron chi connectivity index (χ2n) is 6.24. The molecule has 0 N–H and O–H groups in total. The molecule has 0 unspecified atom stereocenters. The molecule has 0 radical (unpaired) electrons. The summed E-state index contributed by atoms with van der Waals surface area (Å²) in [4.78, 5) is 16.7. The van der Waals surface area contributed by atoms with Gasteiger partial charge < -0.3 is 4.90 Å². The van der Waals surface area contributed by atoms with Crippen LogP contribution in [0.15, 0.2) is 79.4 Å². The van der Waals surface area contributed by atoms with Crippen LogP contribution in [0.25, 0.3) is 10.4 Å². The van der Waals surface area contributed by atoms with Crippen LogP contribution in [0.3, 0.4) is 0 Å². The maximum Gasteiger partial charge on any atom is 0.246 e. The van der Waals surface area contributed by atoms with Gasteiger partial charge >= 0.3 is 0 Å². The van der Waals surface area contributed by atoms with Gasteiger partial charge in [-0.05, 0) is 28.8 Å². The maximum absolute atomic E-state index is 12.2. The summed E-state index contributed by atoms with van der Waals surface area (Å²) in [6.45, 7) is 5.02. The lowest BCUT2D eigenvalue weighted by molar-refractivity contribution is -0.127. The number of hydrogen-bond donors (Lipinski definition) is 0. The third kappa shape index (κ3) is 3.03. The number of fused-ring (bicyclic) bond motifs is 1. The third-order valence-electron chi connectivity index (χ3n) is 4.70. The quantitative estimate of drug-likeness (QED) is 0.607. The SMILES string of the molecule is C=CC(=O)N1Cc2sc(-c3ccccc3)cc2[C@@H](c2ccccc2)C1. The summed E-state index contributed by atoms with van der Waals surface area (Å²) in [5.74, 6) is 0.212. The van der Waals surface area contributed by atoms with Gasteiger partial charge in [-0.25, -0.2) is 0 Å². The standard InChI is InChI=1S/C22H19NOS/c1-2-22(24)23-14-19(16-9-5-3-6-10-16)18-13-20(25-21(18)15-23)17-11-7-4-8-12-17/h2-13,19H,1,14-15H2/t19-/m1/s1. The summed E-state index contributed by atoms with van der Waals surface area (Å²) >= 11 is 1.79. The first kappa shape index (κ1) is 15.9. The molecule has 0 bridgehead atoms. The van der Waals surface area contributed by atoms with Crippen molar-refractivity contribution in [1.82, 2.24) is 4.90 Å². The summed E-state index contributed by atoms with van der Waals surface area (Å²) in [7, 11) is 0. The molecule has 25 heavy (non-hydrogen) atoms. The number of benzene rings is 2. The molecule has 1 aromatic heterocycles. The largest absolute Gasteiger partial charge is 0.333 e. The number of carbonyl (C=O) groups excluding carboxylic acids is 1. The molecule has 1 aliphatic rings. The Hall–Kier alpha value is -2.65. The zero-order valence-corrected chi connectivity index (χ0v) is 14.7. The Balaban J connectivity index is 1.79. The van der Waals surface area contributed by atoms with E-state index in [9.17, 15) is 4.79 Å². The third-order valence-corrected chi connectivity index (χ3v) is 5.89. The van der Waals surface area contributed by atoms with Crippen molar-refractivity contribution in [3.63, 3.8) is 0 Å². The minimum Gasteiger partial charge on any atom is -0.333 e. The minimum absolute atomic E-state index is 0.00115. The first-order valence-corrected chi connectivity index (χ1v) is 9.22. The van der Waals surface area contributed by atoms with Gasteiger partial charge in [0.1, 0.15) is 0 Å². The van der Waals surface area contributed by atoms with Crippen molar-refractivity contribution in [3.05, 3.63) is 95.4 Å². The van der Waals surface area contributed by atoms with Gasteiger partial charge in [0.05, 0.1) is 6.54 Å². The van der Waals surface area contributed by atoms with E-state index in [0.29, 0.717) is 13.1 Å². The Bertz CT molecular complexity index is 898. The van der Waals surface area contributed by atoms with Crippen molar-refractivity contribution in [2.24, 2.45) is 0 Å². The van der Waals surface area contributed by atoms with E-state index in [4.69, 9.17) is 0 Å². The molecule has 124 valence electrons. The summed E-state index contributed by atoms with van der Waals surface area (Å²) in [5.41, 5.74) is 3.83. The zero-order chi connectivity index (χ0) is 17.2. The molecule has 0 saturated carbocycles. The topological polar surface area (TPSA) is 20.3 Å². The monoisotopic (exact) mass is 345 g/mol. The van der Waals surface area contributed by atoms with Crippen LogP contribution in [0.2, 0.25) is 0 Å². The molecule has 2 nitrogen and oxygen atoms in total. The van der Waals surface area contributed by atoms with Crippen molar-refractivity contribution in [3.8, 4) is 10.4 Å². The lowest BCUT2D eigenvalue weighted by atomic mass is 9.88. The molecule has 4 rings (SSSR count). The van der Waals surface area contributed by atoms with E-state index >= 15 is 0 Å². The number of hydrogen-bond acceptors (Lipinski definition) is 2. The molecule has 0 fully saturated rings. The van der Waals surface area contributed by atoms with Crippen LogP contribution in [0.5, 0.6) is 0 Å². The fourth-order valence-electron chi connectivity index (χ4n) is 3.43. The predicted molar refractivity (Wildman–Crippen MR) is 104 cm³/mol. The smallest absolute Gasteiger partial charge is 0.246 e. The van der Waals surface area contributed by atoms with Crippen molar-refractivity contribution < 1.29 is 4.79 Å². The van der Waals surface area contributed by atoms with Crippen LogP contribution in [-0.4, -0.2) is 17.4 Å². The lowest BCUT2D eigenvalue weighted by Gasteiger charge is -2.32. The first-order valence-electron chi connectivity index (χ1n) is 8.40. The summed E-state index contributed by atoms with van der Waals surface area (Å²) in [6.07, 6.45) is 1.42. The maximum atomic E-state index is 12.2. The van der Waals surface area contributed by atoms with Crippen LogP contribution >= 0.6 is 11.3 Å². The van der Waals surface area contributed by atoms with Crippen molar-refractivity contribution in [2.45, 2.75) is 12.5 Å². The van der Waals surface area contributed by atoms with E-state index < -0.39 is 0 Å². The van der Waals surface area contributed by atoms with E-state index in [0.717, 1.165) is 0 Å². The van der Waals surface area contributed by atoms with Crippen LogP contribution < -0.4 is 0 Å². The molecule has 0 saturated heterocycles.